The van der Waals surface area contributed by atoms with Crippen LogP contribution in [-0.4, -0.2) is 0 Å². The molecule has 0 bridgehead atoms. The number of nitrogens with one attached hydrogen (secondary N) is 1. The first-order valence-corrected chi connectivity index (χ1v) is 7.22. The number of rotatable bonds is 3. The summed E-state index contributed by atoms with van der Waals surface area (Å²) in [5.41, 5.74) is 1.31. The zero-order chi connectivity index (χ0) is 14.0. The van der Waals surface area contributed by atoms with E-state index in [1.165, 1.54) is 12.1 Å². The van der Waals surface area contributed by atoms with Crippen LogP contribution in [0.15, 0.2) is 34.8 Å². The summed E-state index contributed by atoms with van der Waals surface area (Å²) < 4.78 is 14.0. The molecule has 0 aromatic heterocycles. The van der Waals surface area contributed by atoms with Crippen molar-refractivity contribution < 1.29 is 4.39 Å². The van der Waals surface area contributed by atoms with Crippen LogP contribution in [0, 0.1) is 5.82 Å². The minimum Gasteiger partial charge on any atom is -0.379 e. The summed E-state index contributed by atoms with van der Waals surface area (Å²) in [4.78, 5) is 0. The van der Waals surface area contributed by atoms with Crippen LogP contribution in [0.1, 0.15) is 5.56 Å². The first kappa shape index (κ1) is 14.9. The van der Waals surface area contributed by atoms with Crippen molar-refractivity contribution in [2.75, 3.05) is 5.32 Å². The van der Waals surface area contributed by atoms with Crippen molar-refractivity contribution in [1.29, 1.82) is 0 Å². The van der Waals surface area contributed by atoms with Crippen molar-refractivity contribution in [2.45, 2.75) is 6.54 Å². The third kappa shape index (κ3) is 3.99. The van der Waals surface area contributed by atoms with E-state index >= 15 is 0 Å². The van der Waals surface area contributed by atoms with Gasteiger partial charge in [-0.2, -0.15) is 0 Å². The lowest BCUT2D eigenvalue weighted by atomic mass is 10.2. The van der Waals surface area contributed by atoms with Crippen molar-refractivity contribution >= 4 is 56.4 Å². The van der Waals surface area contributed by atoms with E-state index in [0.29, 0.717) is 32.9 Å². The highest BCUT2D eigenvalue weighted by molar-refractivity contribution is 9.10. The summed E-state index contributed by atoms with van der Waals surface area (Å²) in [6.07, 6.45) is 0. The smallest absolute Gasteiger partial charge is 0.125 e. The molecule has 0 spiro atoms. The van der Waals surface area contributed by atoms with E-state index in [1.807, 2.05) is 0 Å². The third-order valence-corrected chi connectivity index (χ3v) is 3.67. The Balaban J connectivity index is 2.19. The Morgan fingerprint density at radius 2 is 1.63 bits per heavy atom. The second kappa shape index (κ2) is 6.31. The topological polar surface area (TPSA) is 12.0 Å². The summed E-state index contributed by atoms with van der Waals surface area (Å²) in [5.74, 6) is -0.377. The molecular weight excluding hydrogens is 375 g/mol. The van der Waals surface area contributed by atoms with Crippen molar-refractivity contribution in [1.82, 2.24) is 0 Å². The van der Waals surface area contributed by atoms with Crippen LogP contribution in [0.4, 0.5) is 10.1 Å². The van der Waals surface area contributed by atoms with Crippen LogP contribution >= 0.6 is 50.7 Å². The number of halogens is 5. The Morgan fingerprint density at radius 3 is 2.21 bits per heavy atom. The van der Waals surface area contributed by atoms with E-state index in [4.69, 9.17) is 34.8 Å². The monoisotopic (exact) mass is 381 g/mol. The molecule has 0 saturated heterocycles. The number of hydrogen-bond acceptors (Lipinski definition) is 1. The Hall–Kier alpha value is -0.480. The summed E-state index contributed by atoms with van der Waals surface area (Å²) in [7, 11) is 0. The van der Waals surface area contributed by atoms with Gasteiger partial charge < -0.3 is 5.32 Å². The van der Waals surface area contributed by atoms with Crippen LogP contribution in [-0.2, 0) is 6.54 Å². The normalized spacial score (nSPS) is 10.6. The van der Waals surface area contributed by atoms with Crippen LogP contribution in [0.2, 0.25) is 15.1 Å². The van der Waals surface area contributed by atoms with Crippen LogP contribution in [0.5, 0.6) is 0 Å². The molecule has 2 aromatic carbocycles. The Labute approximate surface area is 133 Å². The molecule has 0 fully saturated rings. The summed E-state index contributed by atoms with van der Waals surface area (Å²) >= 11 is 21.3. The van der Waals surface area contributed by atoms with E-state index in [0.717, 1.165) is 4.47 Å². The molecule has 100 valence electrons. The standard InChI is InChI=1S/C13H8BrCl3FN/c14-8-3-11(16)13(12(17)4-8)19-6-7-1-9(15)5-10(18)2-7/h1-5,19H,6H2. The Morgan fingerprint density at radius 1 is 1.00 bits per heavy atom. The fourth-order valence-electron chi connectivity index (χ4n) is 1.61. The number of benzene rings is 2. The van der Waals surface area contributed by atoms with E-state index in [-0.39, 0.29) is 5.82 Å². The van der Waals surface area contributed by atoms with Gasteiger partial charge in [-0.15, -0.1) is 0 Å². The van der Waals surface area contributed by atoms with Gasteiger partial charge in [-0.1, -0.05) is 50.7 Å². The van der Waals surface area contributed by atoms with Gasteiger partial charge in [0.05, 0.1) is 15.7 Å². The van der Waals surface area contributed by atoms with Gasteiger partial charge >= 0.3 is 0 Å². The van der Waals surface area contributed by atoms with E-state index in [9.17, 15) is 4.39 Å². The Bertz CT molecular complexity index is 576. The lowest BCUT2D eigenvalue weighted by Gasteiger charge is -2.11. The van der Waals surface area contributed by atoms with Gasteiger partial charge in [-0.3, -0.25) is 0 Å². The highest BCUT2D eigenvalue weighted by atomic mass is 79.9. The highest BCUT2D eigenvalue weighted by Gasteiger charge is 2.08. The number of anilines is 1. The molecule has 2 aromatic rings. The summed E-state index contributed by atoms with van der Waals surface area (Å²) in [5, 5.41) is 4.40. The third-order valence-electron chi connectivity index (χ3n) is 2.40. The molecular formula is C13H8BrCl3FN. The molecule has 0 radical (unpaired) electrons. The molecule has 0 saturated carbocycles. The largest absolute Gasteiger partial charge is 0.379 e. The summed E-state index contributed by atoms with van der Waals surface area (Å²) in [6, 6.07) is 7.80. The predicted octanol–water partition coefficient (Wildman–Crippen LogP) is 6.16. The highest BCUT2D eigenvalue weighted by Crippen LogP contribution is 2.34. The molecule has 0 aliphatic rings. The van der Waals surface area contributed by atoms with Crippen molar-refractivity contribution in [2.24, 2.45) is 0 Å². The SMILES string of the molecule is Fc1cc(Cl)cc(CNc2c(Cl)cc(Br)cc2Cl)c1. The van der Waals surface area contributed by atoms with Crippen LogP contribution < -0.4 is 5.32 Å². The quantitative estimate of drug-likeness (QED) is 0.669. The molecule has 0 unspecified atom stereocenters. The molecule has 0 aliphatic heterocycles. The Kier molecular flexibility index (Phi) is 4.96. The fraction of sp³-hybridized carbons (Fsp3) is 0.0769. The van der Waals surface area contributed by atoms with Gasteiger partial charge in [0.15, 0.2) is 0 Å². The van der Waals surface area contributed by atoms with Crippen molar-refractivity contribution in [3.63, 3.8) is 0 Å². The van der Waals surface area contributed by atoms with Gasteiger partial charge in [0.25, 0.3) is 0 Å². The van der Waals surface area contributed by atoms with Crippen molar-refractivity contribution in [3.05, 3.63) is 61.3 Å². The lowest BCUT2D eigenvalue weighted by Crippen LogP contribution is -2.01. The first-order chi connectivity index (χ1) is 8.95. The maximum atomic E-state index is 13.2. The molecule has 0 aliphatic carbocycles. The molecule has 0 atom stereocenters. The maximum absolute atomic E-state index is 13.2. The minimum atomic E-state index is -0.377. The van der Waals surface area contributed by atoms with Gasteiger partial charge in [0.1, 0.15) is 5.82 Å². The molecule has 2 rings (SSSR count). The van der Waals surface area contributed by atoms with Gasteiger partial charge in [-0.05, 0) is 35.9 Å². The average molecular weight is 383 g/mol. The lowest BCUT2D eigenvalue weighted by molar-refractivity contribution is 0.626. The van der Waals surface area contributed by atoms with Gasteiger partial charge in [-0.25, -0.2) is 4.39 Å². The summed E-state index contributed by atoms with van der Waals surface area (Å²) in [6.45, 7) is 0.374. The minimum absolute atomic E-state index is 0.352. The molecule has 0 heterocycles. The number of hydrogen-bond donors (Lipinski definition) is 1. The van der Waals surface area contributed by atoms with E-state index in [1.54, 1.807) is 18.2 Å². The molecule has 19 heavy (non-hydrogen) atoms. The van der Waals surface area contributed by atoms with Crippen LogP contribution in [0.25, 0.3) is 0 Å². The predicted molar refractivity (Wildman–Crippen MR) is 82.9 cm³/mol. The van der Waals surface area contributed by atoms with Crippen molar-refractivity contribution in [3.8, 4) is 0 Å². The molecule has 1 nitrogen and oxygen atoms in total. The van der Waals surface area contributed by atoms with Gasteiger partial charge in [0.2, 0.25) is 0 Å². The van der Waals surface area contributed by atoms with E-state index < -0.39 is 0 Å². The first-order valence-electron chi connectivity index (χ1n) is 5.29. The average Bonchev–Trinajstić information content (AvgIpc) is 2.25. The second-order valence-electron chi connectivity index (χ2n) is 3.88. The zero-order valence-corrected chi connectivity index (χ0v) is 13.3. The zero-order valence-electron chi connectivity index (χ0n) is 9.48. The molecule has 1 N–H and O–H groups in total. The van der Waals surface area contributed by atoms with Gasteiger partial charge in [0, 0.05) is 16.0 Å². The van der Waals surface area contributed by atoms with Crippen LogP contribution in [0.3, 0.4) is 0 Å². The maximum Gasteiger partial charge on any atom is 0.125 e. The van der Waals surface area contributed by atoms with E-state index in [2.05, 4.69) is 21.2 Å². The fourth-order valence-corrected chi connectivity index (χ4v) is 3.20. The molecule has 0 amide bonds. The second-order valence-corrected chi connectivity index (χ2v) is 6.04. The molecule has 6 heteroatoms.